The van der Waals surface area contributed by atoms with E-state index in [1.165, 1.54) is 24.3 Å². The second-order valence-corrected chi connectivity index (χ2v) is 7.66. The average Bonchev–Trinajstić information content (AvgIpc) is 2.98. The molecule has 0 atom stereocenters. The molecule has 0 unspecified atom stereocenters. The third kappa shape index (κ3) is 3.01. The highest BCUT2D eigenvalue weighted by Gasteiger charge is 2.39. The number of hydrogen-bond donors (Lipinski definition) is 0. The summed E-state index contributed by atoms with van der Waals surface area (Å²) in [7, 11) is -4.14. The lowest BCUT2D eigenvalue weighted by atomic mass is 10.1. The van der Waals surface area contributed by atoms with Crippen molar-refractivity contribution in [1.82, 2.24) is 4.90 Å². The third-order valence-corrected chi connectivity index (χ3v) is 5.57. The maximum absolute atomic E-state index is 12.9. The first-order valence-electron chi connectivity index (χ1n) is 8.42. The van der Waals surface area contributed by atoms with E-state index in [0.29, 0.717) is 5.56 Å². The Morgan fingerprint density at radius 1 is 0.679 bits per heavy atom. The van der Waals surface area contributed by atoms with Gasteiger partial charge in [0.05, 0.1) is 16.0 Å². The van der Waals surface area contributed by atoms with Gasteiger partial charge in [0.2, 0.25) is 0 Å². The lowest BCUT2D eigenvalue weighted by Crippen LogP contribution is -2.37. The van der Waals surface area contributed by atoms with Gasteiger partial charge in [-0.15, -0.1) is 4.40 Å². The Balaban J connectivity index is 1.90. The zero-order valence-electron chi connectivity index (χ0n) is 14.5. The molecule has 6 nitrogen and oxygen atoms in total. The number of hydrogen-bond acceptors (Lipinski definition) is 4. The zero-order valence-corrected chi connectivity index (χ0v) is 15.3. The molecule has 3 aromatic carbocycles. The molecule has 0 saturated carbocycles. The van der Waals surface area contributed by atoms with E-state index >= 15 is 0 Å². The maximum Gasteiger partial charge on any atom is 0.284 e. The molecule has 0 aromatic heterocycles. The molecule has 2 amide bonds. The summed E-state index contributed by atoms with van der Waals surface area (Å²) < 4.78 is 29.5. The molecule has 1 heterocycles. The van der Waals surface area contributed by atoms with E-state index in [-0.39, 0.29) is 21.9 Å². The Morgan fingerprint density at radius 3 is 1.68 bits per heavy atom. The molecular formula is C21H14N2O4S. The molecule has 0 N–H and O–H groups in total. The summed E-state index contributed by atoms with van der Waals surface area (Å²) in [6.07, 6.45) is 0. The second-order valence-electron chi connectivity index (χ2n) is 6.06. The Kier molecular flexibility index (Phi) is 4.37. The summed E-state index contributed by atoms with van der Waals surface area (Å²) >= 11 is 0. The van der Waals surface area contributed by atoms with Crippen molar-refractivity contribution in [3.05, 3.63) is 102 Å². The molecule has 0 saturated heterocycles. The van der Waals surface area contributed by atoms with Crippen LogP contribution in [0.15, 0.2) is 94.2 Å². The molecule has 0 fully saturated rings. The van der Waals surface area contributed by atoms with Gasteiger partial charge in [-0.05, 0) is 24.3 Å². The third-order valence-electron chi connectivity index (χ3n) is 4.29. The predicted octanol–water partition coefficient (Wildman–Crippen LogP) is 3.12. The van der Waals surface area contributed by atoms with Crippen LogP contribution in [0.2, 0.25) is 0 Å². The van der Waals surface area contributed by atoms with Gasteiger partial charge in [-0.25, -0.2) is 4.90 Å². The lowest BCUT2D eigenvalue weighted by molar-refractivity contribution is 0.0749. The molecule has 4 rings (SSSR count). The van der Waals surface area contributed by atoms with Crippen LogP contribution in [0.5, 0.6) is 0 Å². The van der Waals surface area contributed by atoms with Crippen LogP contribution < -0.4 is 0 Å². The van der Waals surface area contributed by atoms with Gasteiger partial charge in [0.1, 0.15) is 0 Å². The van der Waals surface area contributed by atoms with Crippen LogP contribution in [0.3, 0.4) is 0 Å². The average molecular weight is 390 g/mol. The maximum atomic E-state index is 12.9. The van der Waals surface area contributed by atoms with E-state index in [2.05, 4.69) is 4.40 Å². The normalized spacial score (nSPS) is 14.3. The number of sulfonamides is 1. The van der Waals surface area contributed by atoms with E-state index in [9.17, 15) is 18.0 Å². The fraction of sp³-hybridized carbons (Fsp3) is 0. The number of carbonyl (C=O) groups excluding carboxylic acids is 2. The summed E-state index contributed by atoms with van der Waals surface area (Å²) in [4.78, 5) is 26.5. The topological polar surface area (TPSA) is 83.9 Å². The second kappa shape index (κ2) is 6.86. The van der Waals surface area contributed by atoms with Gasteiger partial charge in [-0.3, -0.25) is 9.59 Å². The fourth-order valence-corrected chi connectivity index (χ4v) is 3.97. The number of amides is 2. The van der Waals surface area contributed by atoms with Gasteiger partial charge in [0, 0.05) is 5.56 Å². The number of imide groups is 1. The van der Waals surface area contributed by atoms with E-state index in [0.717, 1.165) is 4.90 Å². The molecule has 28 heavy (non-hydrogen) atoms. The van der Waals surface area contributed by atoms with E-state index in [4.69, 9.17) is 0 Å². The minimum atomic E-state index is -4.14. The predicted molar refractivity (Wildman–Crippen MR) is 104 cm³/mol. The van der Waals surface area contributed by atoms with E-state index in [1.54, 1.807) is 60.7 Å². The molecular weight excluding hydrogens is 376 g/mol. The molecule has 1 aliphatic rings. The van der Waals surface area contributed by atoms with E-state index in [1.807, 2.05) is 0 Å². The Hall–Kier alpha value is -3.58. The summed E-state index contributed by atoms with van der Waals surface area (Å²) in [5, 5.41) is 0. The fourth-order valence-electron chi connectivity index (χ4n) is 2.95. The van der Waals surface area contributed by atoms with Crippen LogP contribution in [0, 0.1) is 0 Å². The van der Waals surface area contributed by atoms with E-state index < -0.39 is 21.8 Å². The van der Waals surface area contributed by atoms with Crippen molar-refractivity contribution >= 4 is 27.7 Å². The monoisotopic (exact) mass is 390 g/mol. The van der Waals surface area contributed by atoms with Crippen LogP contribution in [-0.2, 0) is 10.0 Å². The first-order chi connectivity index (χ1) is 13.5. The number of amidine groups is 1. The molecule has 0 spiro atoms. The molecule has 7 heteroatoms. The number of benzene rings is 3. The molecule has 0 aliphatic carbocycles. The van der Waals surface area contributed by atoms with Gasteiger partial charge in [-0.2, -0.15) is 8.42 Å². The smallest absolute Gasteiger partial charge is 0.268 e. The van der Waals surface area contributed by atoms with Gasteiger partial charge in [0.15, 0.2) is 5.84 Å². The molecule has 0 radical (unpaired) electrons. The standard InChI is InChI=1S/C21H14N2O4S/c24-20-17-13-7-8-14-18(17)21(25)23(20)19(15-9-3-1-4-10-15)22-28(26,27)16-11-5-2-6-12-16/h1-14H/b22-19-. The van der Waals surface area contributed by atoms with Crippen LogP contribution >= 0.6 is 0 Å². The molecule has 1 aliphatic heterocycles. The van der Waals surface area contributed by atoms with Crippen molar-refractivity contribution in [1.29, 1.82) is 0 Å². The summed E-state index contributed by atoms with van der Waals surface area (Å²) in [5.41, 5.74) is 0.776. The van der Waals surface area contributed by atoms with Crippen molar-refractivity contribution in [2.24, 2.45) is 4.40 Å². The van der Waals surface area contributed by atoms with Crippen molar-refractivity contribution in [2.75, 3.05) is 0 Å². The first-order valence-corrected chi connectivity index (χ1v) is 9.86. The Morgan fingerprint density at radius 2 is 1.14 bits per heavy atom. The van der Waals surface area contributed by atoms with Crippen LogP contribution in [-0.4, -0.2) is 31.0 Å². The zero-order chi connectivity index (χ0) is 19.7. The number of carbonyl (C=O) groups is 2. The van der Waals surface area contributed by atoms with Gasteiger partial charge < -0.3 is 0 Å². The van der Waals surface area contributed by atoms with Crippen LogP contribution in [0.4, 0.5) is 0 Å². The summed E-state index contributed by atoms with van der Waals surface area (Å²) in [5.74, 6) is -1.44. The van der Waals surface area contributed by atoms with Gasteiger partial charge in [-0.1, -0.05) is 60.7 Å². The van der Waals surface area contributed by atoms with Crippen molar-refractivity contribution < 1.29 is 18.0 Å². The molecule has 0 bridgehead atoms. The summed E-state index contributed by atoms with van der Waals surface area (Å²) in [6.45, 7) is 0. The van der Waals surface area contributed by atoms with Crippen LogP contribution in [0.25, 0.3) is 0 Å². The highest BCUT2D eigenvalue weighted by molar-refractivity contribution is 7.90. The van der Waals surface area contributed by atoms with Crippen molar-refractivity contribution in [2.45, 2.75) is 4.90 Å². The van der Waals surface area contributed by atoms with Crippen molar-refractivity contribution in [3.8, 4) is 0 Å². The van der Waals surface area contributed by atoms with Gasteiger partial charge in [0.25, 0.3) is 21.8 Å². The number of fused-ring (bicyclic) bond motifs is 1. The van der Waals surface area contributed by atoms with Gasteiger partial charge >= 0.3 is 0 Å². The SMILES string of the molecule is O=C1c2ccccc2C(=O)N1/C(=N\S(=O)(=O)c1ccccc1)c1ccccc1. The Bertz CT molecular complexity index is 1170. The van der Waals surface area contributed by atoms with Crippen LogP contribution in [0.1, 0.15) is 26.3 Å². The Labute approximate surface area is 161 Å². The summed E-state index contributed by atoms with van der Waals surface area (Å²) in [6, 6.07) is 22.3. The lowest BCUT2D eigenvalue weighted by Gasteiger charge is -2.17. The molecule has 138 valence electrons. The highest BCUT2D eigenvalue weighted by atomic mass is 32.2. The minimum absolute atomic E-state index is 0.0277. The number of rotatable bonds is 3. The largest absolute Gasteiger partial charge is 0.284 e. The first kappa shape index (κ1) is 17.8. The quantitative estimate of drug-likeness (QED) is 0.391. The van der Waals surface area contributed by atoms with Crippen molar-refractivity contribution in [3.63, 3.8) is 0 Å². The molecule has 3 aromatic rings. The number of nitrogens with zero attached hydrogens (tertiary/aromatic N) is 2. The highest BCUT2D eigenvalue weighted by Crippen LogP contribution is 2.26. The minimum Gasteiger partial charge on any atom is -0.268 e.